The number of fused-ring (bicyclic) bond motifs is 1. The zero-order chi connectivity index (χ0) is 23.6. The minimum absolute atomic E-state index is 0.367. The first kappa shape index (κ1) is 22.3. The molecule has 4 aromatic rings. The molecule has 0 atom stereocenters. The lowest BCUT2D eigenvalue weighted by Crippen LogP contribution is -2.27. The minimum Gasteiger partial charge on any atom is -0.497 e. The molecule has 2 aromatic heterocycles. The number of nitrogens with zero attached hydrogens (tertiary/aromatic N) is 2. The number of hydrogen-bond acceptors (Lipinski definition) is 5. The van der Waals surface area contributed by atoms with Gasteiger partial charge in [-0.15, -0.1) is 0 Å². The Labute approximate surface area is 192 Å². The number of aromatic nitrogens is 2. The van der Waals surface area contributed by atoms with Crippen molar-refractivity contribution in [2.75, 3.05) is 7.11 Å². The molecule has 0 aliphatic carbocycles. The topological polar surface area (TPSA) is 70.4 Å². The molecule has 4 rings (SSSR count). The molecule has 0 saturated heterocycles. The first-order chi connectivity index (χ1) is 15.8. The first-order valence-corrected chi connectivity index (χ1v) is 10.7. The van der Waals surface area contributed by atoms with Crippen molar-refractivity contribution in [1.29, 1.82) is 0 Å². The van der Waals surface area contributed by atoms with Crippen LogP contribution in [0.25, 0.3) is 22.2 Å². The van der Waals surface area contributed by atoms with Crippen molar-refractivity contribution in [1.82, 2.24) is 9.55 Å². The Morgan fingerprint density at radius 1 is 1.03 bits per heavy atom. The van der Waals surface area contributed by atoms with Gasteiger partial charge in [-0.05, 0) is 56.2 Å². The van der Waals surface area contributed by atoms with E-state index in [9.17, 15) is 9.59 Å². The molecule has 0 unspecified atom stereocenters. The highest BCUT2D eigenvalue weighted by atomic mass is 16.6. The van der Waals surface area contributed by atoms with E-state index in [0.717, 1.165) is 34.2 Å². The van der Waals surface area contributed by atoms with Gasteiger partial charge in [-0.1, -0.05) is 36.4 Å². The molecule has 2 heterocycles. The van der Waals surface area contributed by atoms with E-state index in [0.29, 0.717) is 23.4 Å². The summed E-state index contributed by atoms with van der Waals surface area (Å²) >= 11 is 0. The Hall–Kier alpha value is -3.93. The van der Waals surface area contributed by atoms with E-state index in [2.05, 4.69) is 4.98 Å². The predicted molar refractivity (Wildman–Crippen MR) is 128 cm³/mol. The highest BCUT2D eigenvalue weighted by Crippen LogP contribution is 2.37. The summed E-state index contributed by atoms with van der Waals surface area (Å²) in [6.07, 6.45) is 0.696. The van der Waals surface area contributed by atoms with Gasteiger partial charge in [0.1, 0.15) is 17.0 Å². The maximum absolute atomic E-state index is 13.5. The molecule has 168 valence electrons. The second kappa shape index (κ2) is 8.90. The largest absolute Gasteiger partial charge is 0.497 e. The van der Waals surface area contributed by atoms with E-state index in [1.807, 2.05) is 81.4 Å². The molecule has 0 radical (unpaired) electrons. The molecule has 0 fully saturated rings. The van der Waals surface area contributed by atoms with Gasteiger partial charge in [-0.3, -0.25) is 4.79 Å². The standard InChI is InChI=1S/C27H26N2O4/c1-27(2,3)33-26(31)29-24-16-21(32-4)13-14-22(24)23(25(29)18-9-6-5-7-10-18)15-19-11-8-12-20(17-30)28-19/h5-14,16-17H,15H2,1-4H3. The average Bonchev–Trinajstić information content (AvgIpc) is 3.12. The molecule has 0 saturated carbocycles. The van der Waals surface area contributed by atoms with Crippen LogP contribution < -0.4 is 4.74 Å². The number of hydrogen-bond donors (Lipinski definition) is 0. The Balaban J connectivity index is 2.02. The monoisotopic (exact) mass is 442 g/mol. The maximum atomic E-state index is 13.5. The van der Waals surface area contributed by atoms with Crippen molar-refractivity contribution in [3.05, 3.63) is 83.7 Å². The Morgan fingerprint density at radius 2 is 1.79 bits per heavy atom. The number of pyridine rings is 1. The highest BCUT2D eigenvalue weighted by molar-refractivity contribution is 6.00. The highest BCUT2D eigenvalue weighted by Gasteiger charge is 2.27. The van der Waals surface area contributed by atoms with E-state index < -0.39 is 11.7 Å². The predicted octanol–water partition coefficient (Wildman–Crippen LogP) is 5.90. The molecule has 2 aromatic carbocycles. The summed E-state index contributed by atoms with van der Waals surface area (Å²) in [6, 6.07) is 20.7. The van der Waals surface area contributed by atoms with Gasteiger partial charge in [0.2, 0.25) is 0 Å². The summed E-state index contributed by atoms with van der Waals surface area (Å²) in [5.41, 5.74) is 3.64. The Morgan fingerprint density at radius 3 is 2.45 bits per heavy atom. The molecular weight excluding hydrogens is 416 g/mol. The molecule has 33 heavy (non-hydrogen) atoms. The third kappa shape index (κ3) is 4.65. The van der Waals surface area contributed by atoms with Crippen molar-refractivity contribution >= 4 is 23.3 Å². The van der Waals surface area contributed by atoms with Crippen LogP contribution in [0.1, 0.15) is 42.5 Å². The van der Waals surface area contributed by atoms with Crippen LogP contribution in [0.15, 0.2) is 66.7 Å². The summed E-state index contributed by atoms with van der Waals surface area (Å²) < 4.78 is 12.8. The summed E-state index contributed by atoms with van der Waals surface area (Å²) in [6.45, 7) is 5.53. The quantitative estimate of drug-likeness (QED) is 0.360. The summed E-state index contributed by atoms with van der Waals surface area (Å²) in [5, 5.41) is 0.888. The molecule has 0 N–H and O–H groups in total. The van der Waals surface area contributed by atoms with Crippen molar-refractivity contribution in [2.24, 2.45) is 0 Å². The van der Waals surface area contributed by atoms with Crippen molar-refractivity contribution in [3.8, 4) is 17.0 Å². The molecular formula is C27H26N2O4. The van der Waals surface area contributed by atoms with Crippen molar-refractivity contribution in [3.63, 3.8) is 0 Å². The third-order valence-electron chi connectivity index (χ3n) is 5.21. The number of rotatable bonds is 5. The maximum Gasteiger partial charge on any atom is 0.419 e. The minimum atomic E-state index is -0.666. The zero-order valence-corrected chi connectivity index (χ0v) is 19.2. The van der Waals surface area contributed by atoms with Gasteiger partial charge < -0.3 is 9.47 Å². The van der Waals surface area contributed by atoms with Crippen LogP contribution in [0.4, 0.5) is 4.79 Å². The van der Waals surface area contributed by atoms with Gasteiger partial charge >= 0.3 is 6.09 Å². The lowest BCUT2D eigenvalue weighted by atomic mass is 10.0. The van der Waals surface area contributed by atoms with Crippen LogP contribution in [-0.2, 0) is 11.2 Å². The van der Waals surface area contributed by atoms with Gasteiger partial charge in [0.25, 0.3) is 0 Å². The van der Waals surface area contributed by atoms with Gasteiger partial charge in [-0.2, -0.15) is 0 Å². The van der Waals surface area contributed by atoms with Gasteiger partial charge in [0, 0.05) is 23.6 Å². The number of aldehydes is 1. The number of carbonyl (C=O) groups excluding carboxylic acids is 2. The van der Waals surface area contributed by atoms with Gasteiger partial charge in [0.05, 0.1) is 18.3 Å². The molecule has 6 heteroatoms. The lowest BCUT2D eigenvalue weighted by molar-refractivity contribution is 0.0547. The van der Waals surface area contributed by atoms with Crippen molar-refractivity contribution < 1.29 is 19.1 Å². The van der Waals surface area contributed by atoms with Gasteiger partial charge in [-0.25, -0.2) is 14.3 Å². The zero-order valence-electron chi connectivity index (χ0n) is 19.2. The SMILES string of the molecule is COc1ccc2c(Cc3cccc(C=O)n3)c(-c3ccccc3)n(C(=O)OC(C)(C)C)c2c1. The fourth-order valence-electron chi connectivity index (χ4n) is 3.88. The summed E-state index contributed by atoms with van der Waals surface area (Å²) in [4.78, 5) is 29.2. The molecule has 0 aliphatic heterocycles. The van der Waals surface area contributed by atoms with E-state index in [4.69, 9.17) is 9.47 Å². The van der Waals surface area contributed by atoms with E-state index in [1.54, 1.807) is 17.7 Å². The molecule has 0 spiro atoms. The number of methoxy groups -OCH3 is 1. The molecule has 0 bridgehead atoms. The summed E-state index contributed by atoms with van der Waals surface area (Å²) in [7, 11) is 1.59. The van der Waals surface area contributed by atoms with Crippen LogP contribution in [0.3, 0.4) is 0 Å². The smallest absolute Gasteiger partial charge is 0.419 e. The fraction of sp³-hybridized carbons (Fsp3) is 0.222. The van der Waals surface area contributed by atoms with Crippen LogP contribution in [0.5, 0.6) is 5.75 Å². The van der Waals surface area contributed by atoms with Crippen LogP contribution in [0, 0.1) is 0 Å². The molecule has 0 aliphatic rings. The van der Waals surface area contributed by atoms with Crippen LogP contribution >= 0.6 is 0 Å². The Bertz CT molecular complexity index is 1320. The number of carbonyl (C=O) groups is 2. The van der Waals surface area contributed by atoms with Crippen molar-refractivity contribution in [2.45, 2.75) is 32.8 Å². The average molecular weight is 443 g/mol. The van der Waals surface area contributed by atoms with E-state index in [-0.39, 0.29) is 0 Å². The van der Waals surface area contributed by atoms with Crippen LogP contribution in [-0.4, -0.2) is 34.6 Å². The number of ether oxygens (including phenoxy) is 2. The van der Waals surface area contributed by atoms with Crippen LogP contribution in [0.2, 0.25) is 0 Å². The van der Waals surface area contributed by atoms with E-state index in [1.165, 1.54) is 0 Å². The lowest BCUT2D eigenvalue weighted by Gasteiger charge is -2.21. The van der Waals surface area contributed by atoms with Gasteiger partial charge in [0.15, 0.2) is 6.29 Å². The fourth-order valence-corrected chi connectivity index (χ4v) is 3.88. The third-order valence-corrected chi connectivity index (χ3v) is 5.21. The number of benzene rings is 2. The Kier molecular flexibility index (Phi) is 6.01. The molecule has 0 amide bonds. The summed E-state index contributed by atoms with van der Waals surface area (Å²) in [5.74, 6) is 0.636. The molecule has 6 nitrogen and oxygen atoms in total. The normalized spacial score (nSPS) is 11.4. The van der Waals surface area contributed by atoms with E-state index >= 15 is 0 Å². The second-order valence-electron chi connectivity index (χ2n) is 8.74. The first-order valence-electron chi connectivity index (χ1n) is 10.7. The second-order valence-corrected chi connectivity index (χ2v) is 8.74.